The van der Waals surface area contributed by atoms with Gasteiger partial charge in [0.1, 0.15) is 9.77 Å². The first-order chi connectivity index (χ1) is 12.0. The first-order valence-corrected chi connectivity index (χ1v) is 12.0. The zero-order valence-corrected chi connectivity index (χ0v) is 16.7. The van der Waals surface area contributed by atoms with E-state index in [0.29, 0.717) is 18.5 Å². The average Bonchev–Trinajstić information content (AvgIpc) is 3.31. The lowest BCUT2D eigenvalue weighted by Gasteiger charge is -2.35. The number of sulfonamides is 1. The predicted molar refractivity (Wildman–Crippen MR) is 101 cm³/mol. The minimum atomic E-state index is -3.69. The smallest absolute Gasteiger partial charge is 0.349 e. The van der Waals surface area contributed by atoms with Crippen molar-refractivity contribution in [2.45, 2.75) is 30.2 Å². The van der Waals surface area contributed by atoms with Crippen LogP contribution in [0.2, 0.25) is 0 Å². The molecule has 2 saturated heterocycles. The van der Waals surface area contributed by atoms with Crippen molar-refractivity contribution >= 4 is 39.1 Å². The minimum Gasteiger partial charge on any atom is -0.465 e. The number of likely N-dealkylation sites (tertiary alicyclic amines) is 1. The Hall–Kier alpha value is -0.610. The fraction of sp³-hybridized carbons (Fsp3) is 0.688. The number of ether oxygens (including phenoxy) is 1. The van der Waals surface area contributed by atoms with E-state index in [4.69, 9.17) is 0 Å². The molecule has 0 bridgehead atoms. The second kappa shape index (κ2) is 8.39. The summed E-state index contributed by atoms with van der Waals surface area (Å²) in [6, 6.07) is 2.16. The summed E-state index contributed by atoms with van der Waals surface area (Å²) in [7, 11) is -2.44. The molecule has 3 heterocycles. The number of nitrogens with one attached hydrogen (secondary N) is 1. The van der Waals surface area contributed by atoms with Crippen LogP contribution in [-0.2, 0) is 14.8 Å². The monoisotopic (exact) mass is 404 g/mol. The number of hydrogen-bond acceptors (Lipinski definition) is 7. The number of esters is 1. The van der Waals surface area contributed by atoms with Crippen LogP contribution < -0.4 is 4.72 Å². The van der Waals surface area contributed by atoms with Gasteiger partial charge in [-0.25, -0.2) is 17.9 Å². The Morgan fingerprint density at radius 3 is 2.76 bits per heavy atom. The Bertz CT molecular complexity index is 690. The zero-order valence-electron chi connectivity index (χ0n) is 14.3. The van der Waals surface area contributed by atoms with Gasteiger partial charge >= 0.3 is 5.97 Å². The third-order valence-electron chi connectivity index (χ3n) is 4.92. The zero-order chi connectivity index (χ0) is 17.9. The van der Waals surface area contributed by atoms with E-state index in [2.05, 4.69) is 14.4 Å². The fourth-order valence-corrected chi connectivity index (χ4v) is 7.09. The molecule has 140 valence electrons. The van der Waals surface area contributed by atoms with Crippen molar-refractivity contribution in [3.63, 3.8) is 0 Å². The van der Waals surface area contributed by atoms with Crippen molar-refractivity contribution in [3.05, 3.63) is 16.3 Å². The number of hydrogen-bond donors (Lipinski definition) is 1. The topological polar surface area (TPSA) is 75.7 Å². The van der Waals surface area contributed by atoms with Gasteiger partial charge < -0.3 is 4.74 Å². The van der Waals surface area contributed by atoms with Crippen LogP contribution in [0.25, 0.3) is 0 Å². The van der Waals surface area contributed by atoms with Crippen molar-refractivity contribution in [1.29, 1.82) is 0 Å². The molecule has 0 saturated carbocycles. The number of thiophene rings is 1. The van der Waals surface area contributed by atoms with Gasteiger partial charge in [0.25, 0.3) is 0 Å². The van der Waals surface area contributed by atoms with E-state index in [1.54, 1.807) is 5.38 Å². The molecular weight excluding hydrogens is 380 g/mol. The molecule has 0 spiro atoms. The Morgan fingerprint density at radius 1 is 1.36 bits per heavy atom. The van der Waals surface area contributed by atoms with Gasteiger partial charge in [-0.3, -0.25) is 4.90 Å². The van der Waals surface area contributed by atoms with Crippen LogP contribution in [0.3, 0.4) is 0 Å². The van der Waals surface area contributed by atoms with Crippen LogP contribution in [0.1, 0.15) is 28.9 Å². The number of thioether (sulfide) groups is 1. The third kappa shape index (κ3) is 4.57. The molecule has 1 N–H and O–H groups in total. The standard InChI is InChI=1S/C16H24N2O4S3/c1-22-16(19)15-14(5-9-24-15)25(20,21)17-10-12-2-6-18(7-3-12)13-4-8-23-11-13/h5,9,12-13,17H,2-4,6-8,10-11H2,1H3/t13-/m1/s1. The van der Waals surface area contributed by atoms with Gasteiger partial charge in [-0.2, -0.15) is 11.8 Å². The lowest BCUT2D eigenvalue weighted by molar-refractivity contribution is 0.0602. The van der Waals surface area contributed by atoms with E-state index < -0.39 is 16.0 Å². The molecule has 25 heavy (non-hydrogen) atoms. The van der Waals surface area contributed by atoms with Gasteiger partial charge in [0.2, 0.25) is 10.0 Å². The molecule has 0 radical (unpaired) electrons. The second-order valence-electron chi connectivity index (χ2n) is 6.45. The molecule has 1 aromatic heterocycles. The van der Waals surface area contributed by atoms with E-state index in [9.17, 15) is 13.2 Å². The Balaban J connectivity index is 1.53. The number of carbonyl (C=O) groups is 1. The maximum Gasteiger partial charge on any atom is 0.349 e. The SMILES string of the molecule is COC(=O)c1sccc1S(=O)(=O)NCC1CCN([C@@H]2CCSC2)CC1. The molecule has 1 aromatic rings. The van der Waals surface area contributed by atoms with Crippen LogP contribution in [-0.4, -0.2) is 63.6 Å². The maximum atomic E-state index is 12.5. The van der Waals surface area contributed by atoms with Crippen molar-refractivity contribution in [2.24, 2.45) is 5.92 Å². The molecule has 0 aromatic carbocycles. The third-order valence-corrected chi connectivity index (χ3v) is 8.56. The van der Waals surface area contributed by atoms with Crippen LogP contribution in [0.5, 0.6) is 0 Å². The number of methoxy groups -OCH3 is 1. The van der Waals surface area contributed by atoms with Gasteiger partial charge in [0.15, 0.2) is 0 Å². The van der Waals surface area contributed by atoms with E-state index in [-0.39, 0.29) is 9.77 Å². The first-order valence-electron chi connectivity index (χ1n) is 8.48. The number of carbonyl (C=O) groups excluding carboxylic acids is 1. The predicted octanol–water partition coefficient (Wildman–Crippen LogP) is 2.03. The Kier molecular flexibility index (Phi) is 6.43. The highest BCUT2D eigenvalue weighted by molar-refractivity contribution is 7.99. The molecule has 2 aliphatic heterocycles. The van der Waals surface area contributed by atoms with Gasteiger partial charge in [0.05, 0.1) is 7.11 Å². The average molecular weight is 405 g/mol. The van der Waals surface area contributed by atoms with E-state index in [1.165, 1.54) is 31.1 Å². The molecule has 3 rings (SSSR count). The van der Waals surface area contributed by atoms with E-state index >= 15 is 0 Å². The summed E-state index contributed by atoms with van der Waals surface area (Å²) >= 11 is 3.11. The van der Waals surface area contributed by atoms with E-state index in [0.717, 1.165) is 37.3 Å². The number of rotatable bonds is 6. The quantitative estimate of drug-likeness (QED) is 0.731. The van der Waals surface area contributed by atoms with Crippen LogP contribution >= 0.6 is 23.1 Å². The summed E-state index contributed by atoms with van der Waals surface area (Å²) in [5, 5.41) is 1.60. The normalized spacial score (nSPS) is 23.0. The first kappa shape index (κ1) is 19.2. The summed E-state index contributed by atoms with van der Waals surface area (Å²) in [5.74, 6) is 2.22. The number of nitrogens with zero attached hydrogens (tertiary/aromatic N) is 1. The lowest BCUT2D eigenvalue weighted by atomic mass is 9.96. The maximum absolute atomic E-state index is 12.5. The van der Waals surface area contributed by atoms with Crippen LogP contribution in [0.4, 0.5) is 0 Å². The van der Waals surface area contributed by atoms with Gasteiger partial charge in [-0.15, -0.1) is 11.3 Å². The molecule has 1 atom stereocenters. The number of piperidine rings is 1. The lowest BCUT2D eigenvalue weighted by Crippen LogP contribution is -2.43. The molecule has 0 amide bonds. The molecular formula is C16H24N2O4S3. The van der Waals surface area contributed by atoms with Gasteiger partial charge in [-0.1, -0.05) is 0 Å². The highest BCUT2D eigenvalue weighted by Crippen LogP contribution is 2.27. The summed E-state index contributed by atoms with van der Waals surface area (Å²) in [6.45, 7) is 2.51. The van der Waals surface area contributed by atoms with Crippen LogP contribution in [0.15, 0.2) is 16.3 Å². The van der Waals surface area contributed by atoms with Gasteiger partial charge in [0, 0.05) is 18.3 Å². The summed E-state index contributed by atoms with van der Waals surface area (Å²) in [6.07, 6.45) is 3.30. The largest absolute Gasteiger partial charge is 0.465 e. The van der Waals surface area contributed by atoms with Crippen molar-refractivity contribution < 1.29 is 17.9 Å². The fourth-order valence-electron chi connectivity index (χ4n) is 3.39. The minimum absolute atomic E-state index is 0.0183. The highest BCUT2D eigenvalue weighted by Gasteiger charge is 2.29. The molecule has 9 heteroatoms. The summed E-state index contributed by atoms with van der Waals surface area (Å²) < 4.78 is 32.4. The second-order valence-corrected chi connectivity index (χ2v) is 10.3. The van der Waals surface area contributed by atoms with Crippen LogP contribution in [0, 0.1) is 5.92 Å². The summed E-state index contributed by atoms with van der Waals surface area (Å²) in [4.78, 5) is 14.4. The van der Waals surface area contributed by atoms with E-state index in [1.807, 2.05) is 11.8 Å². The Labute approximate surface area is 157 Å². The molecule has 6 nitrogen and oxygen atoms in total. The molecule has 2 aliphatic rings. The summed E-state index contributed by atoms with van der Waals surface area (Å²) in [5.41, 5.74) is 0. The molecule has 0 aliphatic carbocycles. The van der Waals surface area contributed by atoms with Gasteiger partial charge in [-0.05, 0) is 55.5 Å². The molecule has 0 unspecified atom stereocenters. The van der Waals surface area contributed by atoms with Crippen molar-refractivity contribution in [3.8, 4) is 0 Å². The molecule has 2 fully saturated rings. The van der Waals surface area contributed by atoms with Crippen molar-refractivity contribution in [2.75, 3.05) is 38.2 Å². The van der Waals surface area contributed by atoms with Crippen molar-refractivity contribution in [1.82, 2.24) is 9.62 Å². The Morgan fingerprint density at radius 2 is 2.12 bits per heavy atom. The highest BCUT2D eigenvalue weighted by atomic mass is 32.2.